The molecule has 0 fully saturated rings. The van der Waals surface area contributed by atoms with Gasteiger partial charge in [0.15, 0.2) is 0 Å². The summed E-state index contributed by atoms with van der Waals surface area (Å²) in [7, 11) is 0. The van der Waals surface area contributed by atoms with Crippen molar-refractivity contribution >= 4 is 56.6 Å². The third-order valence-electron chi connectivity index (χ3n) is 7.58. The van der Waals surface area contributed by atoms with E-state index in [2.05, 4.69) is 33.8 Å². The molecule has 0 spiro atoms. The van der Waals surface area contributed by atoms with E-state index in [1.165, 1.54) is 34.8 Å². The minimum absolute atomic E-state index is 0.128. The Hall–Kier alpha value is -6.08. The summed E-state index contributed by atoms with van der Waals surface area (Å²) < 4.78 is 0. The molecule has 7 aromatic rings. The first-order valence-electron chi connectivity index (χ1n) is 14.5. The van der Waals surface area contributed by atoms with Crippen molar-refractivity contribution in [3.63, 3.8) is 0 Å². The molecule has 0 saturated carbocycles. The Labute approximate surface area is 278 Å². The molecule has 0 unspecified atom stereocenters. The molecule has 0 aliphatic heterocycles. The van der Waals surface area contributed by atoms with Crippen LogP contribution in [0.25, 0.3) is 42.8 Å². The topological polar surface area (TPSA) is 115 Å². The number of hydrogen-bond acceptors (Lipinski definition) is 7. The summed E-state index contributed by atoms with van der Waals surface area (Å²) in [6.07, 6.45) is 3.27. The van der Waals surface area contributed by atoms with E-state index >= 15 is 0 Å². The third kappa shape index (κ3) is 6.24. The number of amides is 2. The predicted molar refractivity (Wildman–Crippen MR) is 189 cm³/mol. The Balaban J connectivity index is 1.13. The van der Waals surface area contributed by atoms with Crippen molar-refractivity contribution in [3.8, 4) is 43.8 Å². The lowest BCUT2D eigenvalue weighted by molar-refractivity contribution is 0.102. The van der Waals surface area contributed by atoms with Gasteiger partial charge in [0, 0.05) is 27.2 Å². The zero-order valence-corrected chi connectivity index (χ0v) is 26.2. The van der Waals surface area contributed by atoms with E-state index in [1.807, 2.05) is 60.7 Å². The van der Waals surface area contributed by atoms with E-state index < -0.39 is 0 Å². The summed E-state index contributed by atoms with van der Waals surface area (Å²) in [5.41, 5.74) is 5.38. The third-order valence-corrected chi connectivity index (χ3v) is 9.85. The standard InChI is InChI=1S/C38H24N4O3S2/c39-21-26-20-25(34-15-16-35(47-34)37(44)41-27-8-10-29(43)11-9-27)7-13-31(26)32-5-1-3-23-19-24(6-12-30(23)32)33-14-17-36(46-33)38(45)42-28-4-2-18-40-22-28/h1-20,22,43H,(H,41,44)(H,42,45). The van der Waals surface area contributed by atoms with Gasteiger partial charge in [-0.3, -0.25) is 14.6 Å². The zero-order valence-electron chi connectivity index (χ0n) is 24.6. The number of hydrogen-bond donors (Lipinski definition) is 3. The molecule has 3 heterocycles. The van der Waals surface area contributed by atoms with Crippen molar-refractivity contribution in [2.24, 2.45) is 0 Å². The van der Waals surface area contributed by atoms with E-state index in [-0.39, 0.29) is 17.6 Å². The molecular weight excluding hydrogens is 625 g/mol. The van der Waals surface area contributed by atoms with E-state index in [0.717, 1.165) is 42.8 Å². The predicted octanol–water partition coefficient (Wildman–Crippen LogP) is 9.44. The van der Waals surface area contributed by atoms with Gasteiger partial charge in [-0.2, -0.15) is 5.26 Å². The van der Waals surface area contributed by atoms with Gasteiger partial charge < -0.3 is 15.7 Å². The number of nitrogens with zero attached hydrogens (tertiary/aromatic N) is 2. The van der Waals surface area contributed by atoms with Crippen LogP contribution in [0.5, 0.6) is 5.75 Å². The minimum atomic E-state index is -0.244. The Bertz CT molecular complexity index is 2320. The van der Waals surface area contributed by atoms with Crippen molar-refractivity contribution in [2.45, 2.75) is 0 Å². The van der Waals surface area contributed by atoms with Crippen LogP contribution in [0.4, 0.5) is 11.4 Å². The highest BCUT2D eigenvalue weighted by Crippen LogP contribution is 2.38. The molecule has 7 nitrogen and oxygen atoms in total. The zero-order chi connectivity index (χ0) is 32.3. The Morgan fingerprint density at radius 1 is 0.681 bits per heavy atom. The van der Waals surface area contributed by atoms with Crippen molar-refractivity contribution in [3.05, 3.63) is 143 Å². The van der Waals surface area contributed by atoms with E-state index in [1.54, 1.807) is 42.7 Å². The molecule has 226 valence electrons. The second kappa shape index (κ2) is 12.7. The maximum absolute atomic E-state index is 12.8. The molecule has 0 aliphatic rings. The maximum atomic E-state index is 12.8. The van der Waals surface area contributed by atoms with Crippen LogP contribution in [0.3, 0.4) is 0 Å². The molecular formula is C38H24N4O3S2. The molecule has 2 amide bonds. The molecule has 0 aliphatic carbocycles. The van der Waals surface area contributed by atoms with Gasteiger partial charge in [-0.05, 0) is 100 Å². The summed E-state index contributed by atoms with van der Waals surface area (Å²) in [5, 5.41) is 27.4. The number of benzene rings is 4. The van der Waals surface area contributed by atoms with Crippen LogP contribution in [0.15, 0.2) is 128 Å². The van der Waals surface area contributed by atoms with Gasteiger partial charge in [0.05, 0.1) is 33.3 Å². The largest absolute Gasteiger partial charge is 0.508 e. The molecule has 3 N–H and O–H groups in total. The van der Waals surface area contributed by atoms with Crippen LogP contribution < -0.4 is 10.6 Å². The summed E-state index contributed by atoms with van der Waals surface area (Å²) in [6, 6.07) is 37.7. The van der Waals surface area contributed by atoms with Gasteiger partial charge in [-0.15, -0.1) is 22.7 Å². The van der Waals surface area contributed by atoms with Gasteiger partial charge in [0.25, 0.3) is 11.8 Å². The number of phenols is 1. The summed E-state index contributed by atoms with van der Waals surface area (Å²) in [5.74, 6) is -0.296. The summed E-state index contributed by atoms with van der Waals surface area (Å²) in [6.45, 7) is 0. The van der Waals surface area contributed by atoms with Crippen LogP contribution in [0.2, 0.25) is 0 Å². The van der Waals surface area contributed by atoms with Crippen LogP contribution in [0, 0.1) is 11.3 Å². The second-order valence-electron chi connectivity index (χ2n) is 10.6. The van der Waals surface area contributed by atoms with Crippen LogP contribution in [0.1, 0.15) is 24.9 Å². The lowest BCUT2D eigenvalue weighted by atomic mass is 9.93. The van der Waals surface area contributed by atoms with Crippen molar-refractivity contribution in [1.29, 1.82) is 5.26 Å². The van der Waals surface area contributed by atoms with E-state index in [9.17, 15) is 20.0 Å². The molecule has 0 bridgehead atoms. The number of aromatic nitrogens is 1. The lowest BCUT2D eigenvalue weighted by Crippen LogP contribution is -2.09. The molecule has 4 aromatic carbocycles. The van der Waals surface area contributed by atoms with Gasteiger partial charge in [0.1, 0.15) is 5.75 Å². The molecule has 47 heavy (non-hydrogen) atoms. The first-order valence-corrected chi connectivity index (χ1v) is 16.2. The smallest absolute Gasteiger partial charge is 0.265 e. The second-order valence-corrected chi connectivity index (χ2v) is 12.8. The Morgan fingerprint density at radius 3 is 2.04 bits per heavy atom. The number of pyridine rings is 1. The van der Waals surface area contributed by atoms with E-state index in [0.29, 0.717) is 26.7 Å². The molecule has 0 radical (unpaired) electrons. The highest BCUT2D eigenvalue weighted by Gasteiger charge is 2.16. The number of thiophene rings is 2. The number of nitriles is 1. The number of carbonyl (C=O) groups is 2. The average molecular weight is 649 g/mol. The lowest BCUT2D eigenvalue weighted by Gasteiger charge is -2.11. The minimum Gasteiger partial charge on any atom is -0.508 e. The highest BCUT2D eigenvalue weighted by molar-refractivity contribution is 7.17. The first kappa shape index (κ1) is 29.6. The number of carbonyl (C=O) groups excluding carboxylic acids is 2. The maximum Gasteiger partial charge on any atom is 0.265 e. The number of rotatable bonds is 7. The van der Waals surface area contributed by atoms with Gasteiger partial charge in [-0.25, -0.2) is 0 Å². The van der Waals surface area contributed by atoms with Crippen LogP contribution in [-0.2, 0) is 0 Å². The number of phenolic OH excluding ortho intramolecular Hbond substituents is 1. The fraction of sp³-hybridized carbons (Fsp3) is 0. The number of anilines is 2. The van der Waals surface area contributed by atoms with Gasteiger partial charge in [0.2, 0.25) is 0 Å². The average Bonchev–Trinajstić information content (AvgIpc) is 3.81. The molecule has 7 rings (SSSR count). The van der Waals surface area contributed by atoms with Crippen molar-refractivity contribution in [1.82, 2.24) is 4.98 Å². The van der Waals surface area contributed by atoms with Crippen molar-refractivity contribution < 1.29 is 14.7 Å². The summed E-state index contributed by atoms with van der Waals surface area (Å²) in [4.78, 5) is 32.6. The monoisotopic (exact) mass is 648 g/mol. The van der Waals surface area contributed by atoms with Gasteiger partial charge in [-0.1, -0.05) is 42.5 Å². The molecule has 9 heteroatoms. The quantitative estimate of drug-likeness (QED) is 0.149. The fourth-order valence-electron chi connectivity index (χ4n) is 5.29. The van der Waals surface area contributed by atoms with Gasteiger partial charge >= 0.3 is 0 Å². The molecule has 3 aromatic heterocycles. The fourth-order valence-corrected chi connectivity index (χ4v) is 7.09. The van der Waals surface area contributed by atoms with Crippen LogP contribution >= 0.6 is 22.7 Å². The number of nitrogens with one attached hydrogen (secondary N) is 2. The SMILES string of the molecule is N#Cc1cc(-c2ccc(C(=O)Nc3ccc(O)cc3)s2)ccc1-c1cccc2cc(-c3ccc(C(=O)Nc4cccnc4)s3)ccc12. The molecule has 0 atom stereocenters. The normalized spacial score (nSPS) is 10.8. The van der Waals surface area contributed by atoms with E-state index in [4.69, 9.17) is 0 Å². The Morgan fingerprint density at radius 2 is 1.36 bits per heavy atom. The number of aromatic hydroxyl groups is 1. The van der Waals surface area contributed by atoms with Crippen molar-refractivity contribution in [2.75, 3.05) is 10.6 Å². The van der Waals surface area contributed by atoms with Crippen LogP contribution in [-0.4, -0.2) is 21.9 Å². The first-order chi connectivity index (χ1) is 22.9. The number of fused-ring (bicyclic) bond motifs is 1. The summed E-state index contributed by atoms with van der Waals surface area (Å²) >= 11 is 2.77. The molecule has 0 saturated heterocycles. The Kier molecular flexibility index (Phi) is 8.02. The highest BCUT2D eigenvalue weighted by atomic mass is 32.1.